The van der Waals surface area contributed by atoms with Crippen molar-refractivity contribution in [2.24, 2.45) is 0 Å². The maximum Gasteiger partial charge on any atom is 0.270 e. The van der Waals surface area contributed by atoms with Crippen molar-refractivity contribution in [2.75, 3.05) is 18.6 Å². The molecule has 9 heteroatoms. The number of anilines is 1. The normalized spacial score (nSPS) is 15.1. The summed E-state index contributed by atoms with van der Waals surface area (Å²) >= 11 is 8.64. The number of carbonyl (C=O) groups is 2. The van der Waals surface area contributed by atoms with Gasteiger partial charge in [-0.05, 0) is 66.7 Å². The van der Waals surface area contributed by atoms with Crippen molar-refractivity contribution in [3.8, 4) is 17.6 Å². The lowest BCUT2D eigenvalue weighted by Crippen LogP contribution is -2.54. The predicted molar refractivity (Wildman–Crippen MR) is 119 cm³/mol. The molecule has 1 heterocycles. The second kappa shape index (κ2) is 9.07. The Balaban J connectivity index is 1.99. The van der Waals surface area contributed by atoms with Gasteiger partial charge in [0.05, 0.1) is 12.8 Å². The number of nitrogens with zero attached hydrogens (tertiary/aromatic N) is 2. The van der Waals surface area contributed by atoms with Crippen LogP contribution in [-0.4, -0.2) is 30.6 Å². The van der Waals surface area contributed by atoms with Gasteiger partial charge in [0.25, 0.3) is 11.8 Å². The molecule has 0 radical (unpaired) electrons. The van der Waals surface area contributed by atoms with Gasteiger partial charge in [0.15, 0.2) is 23.2 Å². The summed E-state index contributed by atoms with van der Waals surface area (Å²) in [6.07, 6.45) is 1.46. The fraction of sp³-hybridized carbons (Fsp3) is 0.143. The molecule has 1 saturated heterocycles. The van der Waals surface area contributed by atoms with E-state index in [0.717, 1.165) is 10.0 Å². The molecule has 0 bridgehead atoms. The number of halogens is 1. The molecule has 2 aromatic carbocycles. The van der Waals surface area contributed by atoms with Crippen LogP contribution in [0, 0.1) is 18.3 Å². The molecular formula is C21H16BrN3O4S. The van der Waals surface area contributed by atoms with E-state index in [4.69, 9.17) is 27.0 Å². The SMILES string of the molecule is COc1cc(/C=C2\C(=O)NC(=S)N(c3ccc(Br)cc3C)C2=O)ccc1OCC#N. The molecule has 0 aromatic heterocycles. The summed E-state index contributed by atoms with van der Waals surface area (Å²) in [6, 6.07) is 12.2. The first kappa shape index (κ1) is 21.5. The zero-order chi connectivity index (χ0) is 21.8. The highest BCUT2D eigenvalue weighted by molar-refractivity contribution is 9.10. The van der Waals surface area contributed by atoms with Crippen LogP contribution in [0.3, 0.4) is 0 Å². The van der Waals surface area contributed by atoms with Gasteiger partial charge in [0, 0.05) is 4.47 Å². The average molecular weight is 486 g/mol. The summed E-state index contributed by atoms with van der Waals surface area (Å²) < 4.78 is 11.4. The third kappa shape index (κ3) is 4.35. The van der Waals surface area contributed by atoms with E-state index >= 15 is 0 Å². The molecule has 0 spiro atoms. The Bertz CT molecular complexity index is 1120. The van der Waals surface area contributed by atoms with Gasteiger partial charge in [-0.2, -0.15) is 5.26 Å². The molecule has 7 nitrogen and oxygen atoms in total. The van der Waals surface area contributed by atoms with Crippen molar-refractivity contribution >= 4 is 56.8 Å². The van der Waals surface area contributed by atoms with Crippen molar-refractivity contribution in [2.45, 2.75) is 6.92 Å². The van der Waals surface area contributed by atoms with Crippen molar-refractivity contribution in [3.63, 3.8) is 0 Å². The van der Waals surface area contributed by atoms with E-state index in [-0.39, 0.29) is 17.3 Å². The lowest BCUT2D eigenvalue weighted by molar-refractivity contribution is -0.122. The predicted octanol–water partition coefficient (Wildman–Crippen LogP) is 3.50. The van der Waals surface area contributed by atoms with Gasteiger partial charge in [0.1, 0.15) is 11.6 Å². The summed E-state index contributed by atoms with van der Waals surface area (Å²) in [4.78, 5) is 26.9. The van der Waals surface area contributed by atoms with E-state index in [9.17, 15) is 9.59 Å². The van der Waals surface area contributed by atoms with Crippen LogP contribution in [0.1, 0.15) is 11.1 Å². The molecule has 0 aliphatic carbocycles. The lowest BCUT2D eigenvalue weighted by Gasteiger charge is -2.30. The first-order chi connectivity index (χ1) is 14.3. The fourth-order valence-electron chi connectivity index (χ4n) is 2.92. The van der Waals surface area contributed by atoms with Crippen LogP contribution in [0.5, 0.6) is 11.5 Å². The number of benzene rings is 2. The van der Waals surface area contributed by atoms with Crippen LogP contribution in [0.4, 0.5) is 5.69 Å². The number of nitrogens with one attached hydrogen (secondary N) is 1. The standard InChI is InChI=1S/C21H16BrN3O4S/c1-12-9-14(22)4-5-16(12)25-20(27)15(19(26)24-21(25)30)10-13-3-6-17(29-8-7-23)18(11-13)28-2/h3-6,9-11H,8H2,1-2H3,(H,24,26,30)/b15-10+. The number of carbonyl (C=O) groups excluding carboxylic acids is 2. The highest BCUT2D eigenvalue weighted by atomic mass is 79.9. The molecule has 30 heavy (non-hydrogen) atoms. The van der Waals surface area contributed by atoms with Crippen LogP contribution in [-0.2, 0) is 9.59 Å². The molecule has 2 aromatic rings. The van der Waals surface area contributed by atoms with Gasteiger partial charge in [0.2, 0.25) is 0 Å². The summed E-state index contributed by atoms with van der Waals surface area (Å²) in [7, 11) is 1.46. The number of methoxy groups -OCH3 is 1. The Labute approximate surface area is 187 Å². The highest BCUT2D eigenvalue weighted by Gasteiger charge is 2.35. The molecule has 3 rings (SSSR count). The second-order valence-corrected chi connectivity index (χ2v) is 7.55. The number of thiocarbonyl (C=S) groups is 1. The van der Waals surface area contributed by atoms with Crippen LogP contribution in [0.2, 0.25) is 0 Å². The smallest absolute Gasteiger partial charge is 0.270 e. The Hall–Kier alpha value is -3.22. The summed E-state index contributed by atoms with van der Waals surface area (Å²) in [5, 5.41) is 11.3. The molecule has 1 N–H and O–H groups in total. The average Bonchev–Trinajstić information content (AvgIpc) is 2.71. The van der Waals surface area contributed by atoms with Crippen molar-refractivity contribution in [1.82, 2.24) is 5.32 Å². The molecule has 1 aliphatic heterocycles. The lowest BCUT2D eigenvalue weighted by atomic mass is 10.1. The van der Waals surface area contributed by atoms with Crippen molar-refractivity contribution < 1.29 is 19.1 Å². The topological polar surface area (TPSA) is 91.7 Å². The number of nitriles is 1. The summed E-state index contributed by atoms with van der Waals surface area (Å²) in [6.45, 7) is 1.72. The molecule has 0 unspecified atom stereocenters. The summed E-state index contributed by atoms with van der Waals surface area (Å²) in [5.41, 5.74) is 1.88. The van der Waals surface area contributed by atoms with E-state index in [2.05, 4.69) is 21.2 Å². The number of ether oxygens (including phenoxy) is 2. The summed E-state index contributed by atoms with van der Waals surface area (Å²) in [5.74, 6) is -0.356. The number of amides is 2. The molecular weight excluding hydrogens is 470 g/mol. The van der Waals surface area contributed by atoms with Crippen molar-refractivity contribution in [1.29, 1.82) is 5.26 Å². The van der Waals surface area contributed by atoms with Crippen molar-refractivity contribution in [3.05, 3.63) is 57.6 Å². The molecule has 1 aliphatic rings. The Morgan fingerprint density at radius 3 is 2.67 bits per heavy atom. The monoisotopic (exact) mass is 485 g/mol. The Kier molecular flexibility index (Phi) is 6.50. The maximum absolute atomic E-state index is 13.2. The highest BCUT2D eigenvalue weighted by Crippen LogP contribution is 2.31. The zero-order valence-electron chi connectivity index (χ0n) is 16.1. The number of aryl methyl sites for hydroxylation is 1. The number of hydrogen-bond acceptors (Lipinski definition) is 6. The minimum absolute atomic E-state index is 0.0189. The van der Waals surface area contributed by atoms with E-state index in [0.29, 0.717) is 22.7 Å². The van der Waals surface area contributed by atoms with Gasteiger partial charge in [-0.15, -0.1) is 0 Å². The third-order valence-corrected chi connectivity index (χ3v) is 5.07. The van der Waals surface area contributed by atoms with Gasteiger partial charge in [-0.1, -0.05) is 22.0 Å². The van der Waals surface area contributed by atoms with Gasteiger partial charge >= 0.3 is 0 Å². The first-order valence-electron chi connectivity index (χ1n) is 8.71. The zero-order valence-corrected chi connectivity index (χ0v) is 18.5. The van der Waals surface area contributed by atoms with E-state index in [1.54, 1.807) is 30.3 Å². The van der Waals surface area contributed by atoms with E-state index in [1.807, 2.05) is 19.1 Å². The molecule has 0 saturated carbocycles. The first-order valence-corrected chi connectivity index (χ1v) is 9.91. The maximum atomic E-state index is 13.2. The minimum Gasteiger partial charge on any atom is -0.493 e. The van der Waals surface area contributed by atoms with Gasteiger partial charge in [-0.25, -0.2) is 0 Å². The molecule has 2 amide bonds. The third-order valence-electron chi connectivity index (χ3n) is 4.29. The van der Waals surface area contributed by atoms with Crippen LogP contribution >= 0.6 is 28.1 Å². The number of hydrogen-bond donors (Lipinski definition) is 1. The van der Waals surface area contributed by atoms with Gasteiger partial charge < -0.3 is 9.47 Å². The fourth-order valence-corrected chi connectivity index (χ4v) is 3.67. The van der Waals surface area contributed by atoms with Crippen LogP contribution in [0.15, 0.2) is 46.4 Å². The minimum atomic E-state index is -0.584. The van der Waals surface area contributed by atoms with E-state index in [1.165, 1.54) is 18.1 Å². The largest absolute Gasteiger partial charge is 0.493 e. The Morgan fingerprint density at radius 1 is 1.23 bits per heavy atom. The Morgan fingerprint density at radius 2 is 2.00 bits per heavy atom. The second-order valence-electron chi connectivity index (χ2n) is 6.25. The van der Waals surface area contributed by atoms with Crippen LogP contribution in [0.25, 0.3) is 6.08 Å². The molecule has 1 fully saturated rings. The molecule has 152 valence electrons. The number of rotatable bonds is 5. The quantitative estimate of drug-likeness (QED) is 0.395. The molecule has 0 atom stereocenters. The van der Waals surface area contributed by atoms with E-state index < -0.39 is 11.8 Å². The van der Waals surface area contributed by atoms with Gasteiger partial charge in [-0.3, -0.25) is 19.8 Å². The van der Waals surface area contributed by atoms with Crippen LogP contribution < -0.4 is 19.7 Å².